The number of benzene rings is 1. The van der Waals surface area contributed by atoms with Gasteiger partial charge in [-0.15, -0.1) is 0 Å². The van der Waals surface area contributed by atoms with Crippen molar-refractivity contribution in [2.45, 2.75) is 12.6 Å². The molecule has 0 saturated heterocycles. The van der Waals surface area contributed by atoms with Crippen LogP contribution in [0.5, 0.6) is 0 Å². The maximum Gasteiger partial charge on any atom is 0.0922 e. The Morgan fingerprint density at radius 1 is 1.39 bits per heavy atom. The number of rotatable bonds is 5. The smallest absolute Gasteiger partial charge is 0.0922 e. The van der Waals surface area contributed by atoms with Crippen LogP contribution in [0.1, 0.15) is 17.2 Å². The molecule has 1 unspecified atom stereocenters. The van der Waals surface area contributed by atoms with Crippen molar-refractivity contribution in [2.24, 2.45) is 0 Å². The molecule has 18 heavy (non-hydrogen) atoms. The third-order valence-corrected chi connectivity index (χ3v) is 4.51. The van der Waals surface area contributed by atoms with Gasteiger partial charge < -0.3 is 10.4 Å². The summed E-state index contributed by atoms with van der Waals surface area (Å²) in [6, 6.07) is 7.78. The first-order chi connectivity index (χ1) is 8.66. The molecule has 2 nitrogen and oxygen atoms in total. The largest absolute Gasteiger partial charge is 0.387 e. The molecule has 1 aromatic carbocycles. The summed E-state index contributed by atoms with van der Waals surface area (Å²) in [6.07, 6.45) is -0.456. The monoisotopic (exact) mass is 345 g/mol. The highest BCUT2D eigenvalue weighted by atomic mass is 79.9. The van der Waals surface area contributed by atoms with Crippen molar-refractivity contribution in [1.29, 1.82) is 0 Å². The van der Waals surface area contributed by atoms with Crippen molar-refractivity contribution in [3.05, 3.63) is 55.6 Å². The van der Waals surface area contributed by atoms with Gasteiger partial charge in [-0.25, -0.2) is 0 Å². The van der Waals surface area contributed by atoms with Gasteiger partial charge in [-0.05, 0) is 56.0 Å². The van der Waals surface area contributed by atoms with Gasteiger partial charge in [0.05, 0.1) is 11.1 Å². The van der Waals surface area contributed by atoms with Crippen LogP contribution in [0.25, 0.3) is 0 Å². The van der Waals surface area contributed by atoms with Crippen molar-refractivity contribution >= 4 is 38.9 Å². The van der Waals surface area contributed by atoms with E-state index in [9.17, 15) is 5.11 Å². The Balaban J connectivity index is 1.83. The second-order valence-corrected chi connectivity index (χ2v) is 5.99. The van der Waals surface area contributed by atoms with Gasteiger partial charge in [-0.2, -0.15) is 11.3 Å². The summed E-state index contributed by atoms with van der Waals surface area (Å²) in [5, 5.41) is 17.7. The summed E-state index contributed by atoms with van der Waals surface area (Å²) in [6.45, 7) is 1.22. The van der Waals surface area contributed by atoms with Crippen molar-refractivity contribution in [3.8, 4) is 0 Å². The molecule has 0 aliphatic heterocycles. The molecular weight excluding hydrogens is 334 g/mol. The predicted molar refractivity (Wildman–Crippen MR) is 80.1 cm³/mol. The molecule has 0 fully saturated rings. The minimum Gasteiger partial charge on any atom is -0.387 e. The second kappa shape index (κ2) is 6.68. The molecule has 96 valence electrons. The van der Waals surface area contributed by atoms with Gasteiger partial charge >= 0.3 is 0 Å². The lowest BCUT2D eigenvalue weighted by molar-refractivity contribution is 0.175. The molecule has 0 radical (unpaired) electrons. The number of nitrogens with one attached hydrogen (secondary N) is 1. The summed E-state index contributed by atoms with van der Waals surface area (Å²) >= 11 is 11.0. The Morgan fingerprint density at radius 3 is 2.89 bits per heavy atom. The van der Waals surface area contributed by atoms with Gasteiger partial charge in [-0.3, -0.25) is 0 Å². The van der Waals surface area contributed by atoms with E-state index in [1.165, 1.54) is 0 Å². The first kappa shape index (κ1) is 14.0. The number of hydrogen-bond donors (Lipinski definition) is 2. The molecule has 2 rings (SSSR count). The normalized spacial score (nSPS) is 12.6. The van der Waals surface area contributed by atoms with Gasteiger partial charge in [0.2, 0.25) is 0 Å². The van der Waals surface area contributed by atoms with E-state index >= 15 is 0 Å². The van der Waals surface area contributed by atoms with Crippen molar-refractivity contribution in [3.63, 3.8) is 0 Å². The SMILES string of the molecule is OC(CNCc1ccc(Br)c(Cl)c1)c1ccsc1. The molecular formula is C13H13BrClNOS. The first-order valence-electron chi connectivity index (χ1n) is 5.51. The van der Waals surface area contributed by atoms with Crippen molar-refractivity contribution < 1.29 is 5.11 Å². The zero-order valence-corrected chi connectivity index (χ0v) is 12.7. The van der Waals surface area contributed by atoms with E-state index in [0.29, 0.717) is 18.1 Å². The summed E-state index contributed by atoms with van der Waals surface area (Å²) in [7, 11) is 0. The summed E-state index contributed by atoms with van der Waals surface area (Å²) < 4.78 is 0.895. The highest BCUT2D eigenvalue weighted by molar-refractivity contribution is 9.10. The quantitative estimate of drug-likeness (QED) is 0.858. The maximum atomic E-state index is 9.90. The Kier molecular flexibility index (Phi) is 5.21. The van der Waals surface area contributed by atoms with E-state index in [2.05, 4.69) is 21.2 Å². The van der Waals surface area contributed by atoms with Gasteiger partial charge in [0, 0.05) is 17.6 Å². The van der Waals surface area contributed by atoms with Crippen LogP contribution in [0.3, 0.4) is 0 Å². The van der Waals surface area contributed by atoms with Gasteiger partial charge in [-0.1, -0.05) is 17.7 Å². The summed E-state index contributed by atoms with van der Waals surface area (Å²) in [5.41, 5.74) is 2.06. The van der Waals surface area contributed by atoms with Crippen molar-refractivity contribution in [1.82, 2.24) is 5.32 Å². The molecule has 1 heterocycles. The van der Waals surface area contributed by atoms with E-state index in [0.717, 1.165) is 15.6 Å². The number of thiophene rings is 1. The molecule has 0 aliphatic rings. The lowest BCUT2D eigenvalue weighted by atomic mass is 10.2. The van der Waals surface area contributed by atoms with Gasteiger partial charge in [0.25, 0.3) is 0 Å². The highest BCUT2D eigenvalue weighted by Crippen LogP contribution is 2.23. The summed E-state index contributed by atoms with van der Waals surface area (Å²) in [5.74, 6) is 0. The van der Waals surface area contributed by atoms with Gasteiger partial charge in [0.1, 0.15) is 0 Å². The minimum absolute atomic E-state index is 0.456. The molecule has 0 saturated carbocycles. The molecule has 1 aromatic heterocycles. The standard InChI is InChI=1S/C13H13BrClNOS/c14-11-2-1-9(5-12(11)15)6-16-7-13(17)10-3-4-18-8-10/h1-5,8,13,16-17H,6-7H2. The van der Waals surface area contributed by atoms with Crippen LogP contribution >= 0.6 is 38.9 Å². The van der Waals surface area contributed by atoms with Gasteiger partial charge in [0.15, 0.2) is 0 Å². The fourth-order valence-electron chi connectivity index (χ4n) is 1.59. The Hall–Kier alpha value is -0.390. The van der Waals surface area contributed by atoms with Crippen LogP contribution in [0.15, 0.2) is 39.5 Å². The molecule has 1 atom stereocenters. The van der Waals surface area contributed by atoms with E-state index < -0.39 is 6.10 Å². The molecule has 0 spiro atoms. The fourth-order valence-corrected chi connectivity index (χ4v) is 2.74. The third kappa shape index (κ3) is 3.80. The van der Waals surface area contributed by atoms with E-state index in [1.807, 2.05) is 35.0 Å². The Labute approximate surface area is 124 Å². The molecule has 0 aliphatic carbocycles. The van der Waals surface area contributed by atoms with Crippen LogP contribution in [0, 0.1) is 0 Å². The second-order valence-electron chi connectivity index (χ2n) is 3.95. The number of hydrogen-bond acceptors (Lipinski definition) is 3. The van der Waals surface area contributed by atoms with Crippen LogP contribution in [0.4, 0.5) is 0 Å². The van der Waals surface area contributed by atoms with Crippen molar-refractivity contribution in [2.75, 3.05) is 6.54 Å². The zero-order valence-electron chi connectivity index (χ0n) is 9.57. The molecule has 2 aromatic rings. The van der Waals surface area contributed by atoms with Crippen LogP contribution in [-0.2, 0) is 6.54 Å². The minimum atomic E-state index is -0.456. The average molecular weight is 347 g/mol. The van der Waals surface area contributed by atoms with Crippen LogP contribution in [0.2, 0.25) is 5.02 Å². The molecule has 5 heteroatoms. The number of aliphatic hydroxyl groups excluding tert-OH is 1. The first-order valence-corrected chi connectivity index (χ1v) is 7.63. The lowest BCUT2D eigenvalue weighted by Crippen LogP contribution is -2.20. The maximum absolute atomic E-state index is 9.90. The van der Waals surface area contributed by atoms with Crippen LogP contribution < -0.4 is 5.32 Å². The zero-order chi connectivity index (χ0) is 13.0. The summed E-state index contributed by atoms with van der Waals surface area (Å²) in [4.78, 5) is 0. The van der Waals surface area contributed by atoms with E-state index in [4.69, 9.17) is 11.6 Å². The molecule has 0 bridgehead atoms. The third-order valence-electron chi connectivity index (χ3n) is 2.58. The molecule has 2 N–H and O–H groups in total. The lowest BCUT2D eigenvalue weighted by Gasteiger charge is -2.10. The number of halogens is 2. The average Bonchev–Trinajstić information content (AvgIpc) is 2.87. The predicted octanol–water partition coefficient (Wildman–Crippen LogP) is 3.99. The topological polar surface area (TPSA) is 32.3 Å². The highest BCUT2D eigenvalue weighted by Gasteiger charge is 2.07. The molecule has 0 amide bonds. The number of aliphatic hydroxyl groups is 1. The fraction of sp³-hybridized carbons (Fsp3) is 0.231. The van der Waals surface area contributed by atoms with E-state index in [1.54, 1.807) is 11.3 Å². The van der Waals surface area contributed by atoms with Crippen LogP contribution in [-0.4, -0.2) is 11.7 Å². The van der Waals surface area contributed by atoms with E-state index in [-0.39, 0.29) is 0 Å². The Bertz CT molecular complexity index is 504. The Morgan fingerprint density at radius 2 is 2.22 bits per heavy atom.